The van der Waals surface area contributed by atoms with Gasteiger partial charge in [-0.3, -0.25) is 19.3 Å². The maximum absolute atomic E-state index is 12.8. The number of benzene rings is 2. The molecule has 2 aliphatic rings. The number of anilines is 1. The number of aryl methyl sites for hydroxylation is 2. The quantitative estimate of drug-likeness (QED) is 0.354. The summed E-state index contributed by atoms with van der Waals surface area (Å²) in [6.45, 7) is 15.3. The first-order valence-electron chi connectivity index (χ1n) is 14.1. The third kappa shape index (κ3) is 7.38. The zero-order valence-corrected chi connectivity index (χ0v) is 27.3. The van der Waals surface area contributed by atoms with Gasteiger partial charge >= 0.3 is 17.9 Å². The Balaban J connectivity index is 0.000000257. The van der Waals surface area contributed by atoms with Crippen LogP contribution in [0.1, 0.15) is 85.9 Å². The first kappa shape index (κ1) is 34.1. The highest BCUT2D eigenvalue weighted by molar-refractivity contribution is 6.06. The van der Waals surface area contributed by atoms with E-state index in [1.807, 2.05) is 6.92 Å². The van der Waals surface area contributed by atoms with Crippen molar-refractivity contribution >= 4 is 35.3 Å². The molecule has 4 rings (SSSR count). The van der Waals surface area contributed by atoms with E-state index < -0.39 is 40.6 Å². The number of ketones is 1. The fourth-order valence-corrected chi connectivity index (χ4v) is 4.71. The average Bonchev–Trinajstić information content (AvgIpc) is 2.90. The second kappa shape index (κ2) is 12.3. The Morgan fingerprint density at radius 1 is 0.818 bits per heavy atom. The Morgan fingerprint density at radius 3 is 1.84 bits per heavy atom. The average molecular weight is 612 g/mol. The first-order chi connectivity index (χ1) is 20.2. The molecule has 0 N–H and O–H groups in total. The van der Waals surface area contributed by atoms with E-state index in [9.17, 15) is 24.0 Å². The molecule has 44 heavy (non-hydrogen) atoms. The maximum atomic E-state index is 12.8. The lowest BCUT2D eigenvalue weighted by Gasteiger charge is -2.39. The van der Waals surface area contributed by atoms with Crippen molar-refractivity contribution in [3.05, 3.63) is 52.1 Å². The molecule has 0 atom stereocenters. The van der Waals surface area contributed by atoms with E-state index in [1.165, 1.54) is 25.2 Å². The molecule has 0 aromatic heterocycles. The lowest BCUT2D eigenvalue weighted by atomic mass is 9.91. The number of methoxy groups -OCH3 is 2. The molecule has 2 heterocycles. The van der Waals surface area contributed by atoms with E-state index in [0.717, 1.165) is 11.1 Å². The molecule has 0 fully saturated rings. The standard InChI is InChI=1S/C19H25NO6.C14H16O4/c1-11-8-14-13(9-12(11)16(22)24-7)20(17(23)19(5,6)25-14)10-15(21)26-18(2,3)4;1-8-5-11-9(6-10(8)13(16)17-4)7-12(15)14(2,3)18-11/h8-9H,10H2,1-7H3;5-6H,7H2,1-4H3. The Labute approximate surface area is 257 Å². The summed E-state index contributed by atoms with van der Waals surface area (Å²) in [4.78, 5) is 61.8. The number of hydrogen-bond acceptors (Lipinski definition) is 10. The van der Waals surface area contributed by atoms with Crippen molar-refractivity contribution in [1.29, 1.82) is 0 Å². The molecule has 0 unspecified atom stereocenters. The molecular formula is C33H41NO10. The number of carbonyl (C=O) groups excluding carboxylic acids is 5. The number of Topliss-reactive ketones (excluding diaryl/α,β-unsaturated/α-hetero) is 1. The summed E-state index contributed by atoms with van der Waals surface area (Å²) in [5, 5.41) is 0. The summed E-state index contributed by atoms with van der Waals surface area (Å²) in [6, 6.07) is 6.64. The van der Waals surface area contributed by atoms with Crippen molar-refractivity contribution in [1.82, 2.24) is 0 Å². The van der Waals surface area contributed by atoms with Gasteiger partial charge < -0.3 is 23.7 Å². The first-order valence-corrected chi connectivity index (χ1v) is 14.1. The van der Waals surface area contributed by atoms with Gasteiger partial charge in [-0.15, -0.1) is 0 Å². The van der Waals surface area contributed by atoms with Gasteiger partial charge in [-0.05, 0) is 97.7 Å². The van der Waals surface area contributed by atoms with E-state index in [2.05, 4.69) is 0 Å². The number of nitrogens with zero attached hydrogens (tertiary/aromatic N) is 1. The van der Waals surface area contributed by atoms with E-state index in [0.29, 0.717) is 33.9 Å². The molecule has 0 saturated heterocycles. The van der Waals surface area contributed by atoms with Crippen LogP contribution in [-0.2, 0) is 35.0 Å². The van der Waals surface area contributed by atoms with E-state index in [4.69, 9.17) is 23.7 Å². The van der Waals surface area contributed by atoms with E-state index >= 15 is 0 Å². The minimum Gasteiger partial charge on any atom is -0.480 e. The zero-order valence-electron chi connectivity index (χ0n) is 27.3. The molecule has 238 valence electrons. The molecule has 0 spiro atoms. The van der Waals surface area contributed by atoms with Gasteiger partial charge in [0.15, 0.2) is 17.0 Å². The van der Waals surface area contributed by atoms with Crippen LogP contribution in [0, 0.1) is 13.8 Å². The molecule has 11 heteroatoms. The van der Waals surface area contributed by atoms with Gasteiger partial charge in [-0.25, -0.2) is 9.59 Å². The highest BCUT2D eigenvalue weighted by Gasteiger charge is 2.43. The fourth-order valence-electron chi connectivity index (χ4n) is 4.71. The second-order valence-electron chi connectivity index (χ2n) is 12.7. The Morgan fingerprint density at radius 2 is 1.32 bits per heavy atom. The summed E-state index contributed by atoms with van der Waals surface area (Å²) < 4.78 is 26.3. The van der Waals surface area contributed by atoms with Crippen molar-refractivity contribution in [2.45, 2.75) is 85.5 Å². The number of ether oxygens (including phenoxy) is 5. The summed E-state index contributed by atoms with van der Waals surface area (Å²) in [5.41, 5.74) is 0.680. The van der Waals surface area contributed by atoms with Crippen molar-refractivity contribution in [3.8, 4) is 11.5 Å². The van der Waals surface area contributed by atoms with Gasteiger partial charge in [-0.1, -0.05) is 0 Å². The summed E-state index contributed by atoms with van der Waals surface area (Å²) in [6.07, 6.45) is 0.284. The monoisotopic (exact) mass is 611 g/mol. The van der Waals surface area contributed by atoms with Gasteiger partial charge in [0.2, 0.25) is 0 Å². The largest absolute Gasteiger partial charge is 0.480 e. The predicted octanol–water partition coefficient (Wildman–Crippen LogP) is 4.69. The molecule has 0 saturated carbocycles. The van der Waals surface area contributed by atoms with Crippen LogP contribution in [0.5, 0.6) is 11.5 Å². The lowest BCUT2D eigenvalue weighted by Crippen LogP contribution is -2.54. The van der Waals surface area contributed by atoms with Gasteiger partial charge in [0, 0.05) is 12.0 Å². The molecule has 0 bridgehead atoms. The van der Waals surface area contributed by atoms with Crippen LogP contribution in [-0.4, -0.2) is 67.2 Å². The molecule has 1 amide bonds. The van der Waals surface area contributed by atoms with Crippen LogP contribution in [0.4, 0.5) is 5.69 Å². The SMILES string of the molecule is COC(=O)c1cc2c(cc1C)OC(C)(C)C(=O)C2.COC(=O)c1cc2c(cc1C)OC(C)(C)C(=O)N2CC(=O)OC(C)(C)C. The number of esters is 3. The number of fused-ring (bicyclic) bond motifs is 2. The van der Waals surface area contributed by atoms with Gasteiger partial charge in [-0.2, -0.15) is 0 Å². The van der Waals surface area contributed by atoms with Crippen LogP contribution >= 0.6 is 0 Å². The number of hydrogen-bond donors (Lipinski definition) is 0. The van der Waals surface area contributed by atoms with Gasteiger partial charge in [0.05, 0.1) is 31.0 Å². The van der Waals surface area contributed by atoms with Crippen molar-refractivity contribution in [2.75, 3.05) is 25.7 Å². The molecule has 0 radical (unpaired) electrons. The topological polar surface area (TPSA) is 135 Å². The normalized spacial score (nSPS) is 16.2. The summed E-state index contributed by atoms with van der Waals surface area (Å²) in [5.74, 6) is -0.764. The number of carbonyl (C=O) groups is 5. The number of rotatable bonds is 4. The van der Waals surface area contributed by atoms with Crippen LogP contribution < -0.4 is 14.4 Å². The second-order valence-corrected chi connectivity index (χ2v) is 12.7. The molecule has 0 aliphatic carbocycles. The van der Waals surface area contributed by atoms with Crippen LogP contribution in [0.15, 0.2) is 24.3 Å². The third-order valence-electron chi connectivity index (χ3n) is 7.04. The highest BCUT2D eigenvalue weighted by atomic mass is 16.6. The van der Waals surface area contributed by atoms with Crippen molar-refractivity contribution in [3.63, 3.8) is 0 Å². The summed E-state index contributed by atoms with van der Waals surface area (Å²) >= 11 is 0. The van der Waals surface area contributed by atoms with Crippen molar-refractivity contribution < 1.29 is 47.7 Å². The Kier molecular flexibility index (Phi) is 9.53. The third-order valence-corrected chi connectivity index (χ3v) is 7.04. The fraction of sp³-hybridized carbons (Fsp3) is 0.485. The maximum Gasteiger partial charge on any atom is 0.338 e. The Hall–Kier alpha value is -4.41. The smallest absolute Gasteiger partial charge is 0.338 e. The zero-order chi connectivity index (χ0) is 33.4. The molecular weight excluding hydrogens is 570 g/mol. The predicted molar refractivity (Wildman–Crippen MR) is 161 cm³/mol. The molecule has 2 aromatic carbocycles. The Bertz CT molecular complexity index is 1510. The van der Waals surface area contributed by atoms with Crippen LogP contribution in [0.25, 0.3) is 0 Å². The van der Waals surface area contributed by atoms with Gasteiger partial charge in [0.25, 0.3) is 5.91 Å². The van der Waals surface area contributed by atoms with Crippen LogP contribution in [0.2, 0.25) is 0 Å². The number of amides is 1. The molecule has 2 aliphatic heterocycles. The molecule has 2 aromatic rings. The van der Waals surface area contributed by atoms with Crippen molar-refractivity contribution in [2.24, 2.45) is 0 Å². The van der Waals surface area contributed by atoms with E-state index in [1.54, 1.807) is 73.6 Å². The van der Waals surface area contributed by atoms with Crippen LogP contribution in [0.3, 0.4) is 0 Å². The lowest BCUT2D eigenvalue weighted by molar-refractivity contribution is -0.154. The molecule has 11 nitrogen and oxygen atoms in total. The van der Waals surface area contributed by atoms with Gasteiger partial charge in [0.1, 0.15) is 23.6 Å². The minimum atomic E-state index is -1.14. The van der Waals surface area contributed by atoms with E-state index in [-0.39, 0.29) is 18.7 Å². The minimum absolute atomic E-state index is 0.00895. The highest BCUT2D eigenvalue weighted by Crippen LogP contribution is 2.40. The summed E-state index contributed by atoms with van der Waals surface area (Å²) in [7, 11) is 2.62.